The molecule has 1 rings (SSSR count). The van der Waals surface area contributed by atoms with Gasteiger partial charge in [0.15, 0.2) is 0 Å². The molecule has 0 spiro atoms. The molecular formula is C10H18N2O4. The Morgan fingerprint density at radius 1 is 1.44 bits per heavy atom. The monoisotopic (exact) mass is 230 g/mol. The molecule has 0 bridgehead atoms. The Morgan fingerprint density at radius 2 is 2.06 bits per heavy atom. The first kappa shape index (κ1) is 12.8. The summed E-state index contributed by atoms with van der Waals surface area (Å²) in [4.78, 5) is 24.1. The van der Waals surface area contributed by atoms with Crippen LogP contribution in [-0.4, -0.2) is 54.4 Å². The van der Waals surface area contributed by atoms with E-state index in [-0.39, 0.29) is 6.03 Å². The van der Waals surface area contributed by atoms with Gasteiger partial charge in [-0.2, -0.15) is 0 Å². The maximum absolute atomic E-state index is 11.7. The third-order valence-corrected chi connectivity index (χ3v) is 2.47. The Hall–Kier alpha value is -1.30. The Labute approximate surface area is 94.6 Å². The van der Waals surface area contributed by atoms with Crippen LogP contribution in [0.1, 0.15) is 19.8 Å². The van der Waals surface area contributed by atoms with Crippen LogP contribution in [0.3, 0.4) is 0 Å². The van der Waals surface area contributed by atoms with Crippen LogP contribution >= 0.6 is 0 Å². The van der Waals surface area contributed by atoms with Gasteiger partial charge in [0.2, 0.25) is 0 Å². The first-order valence-corrected chi connectivity index (χ1v) is 5.51. The lowest BCUT2D eigenvalue weighted by Crippen LogP contribution is -2.51. The lowest BCUT2D eigenvalue weighted by atomic mass is 10.2. The second kappa shape index (κ2) is 6.32. The predicted octanol–water partition coefficient (Wildman–Crippen LogP) is 0.281. The van der Waals surface area contributed by atoms with Crippen LogP contribution in [0.15, 0.2) is 0 Å². The van der Waals surface area contributed by atoms with Gasteiger partial charge in [-0.3, -0.25) is 0 Å². The van der Waals surface area contributed by atoms with Crippen LogP contribution in [0.25, 0.3) is 0 Å². The fourth-order valence-electron chi connectivity index (χ4n) is 1.55. The van der Waals surface area contributed by atoms with Crippen molar-refractivity contribution in [2.75, 3.05) is 26.3 Å². The van der Waals surface area contributed by atoms with E-state index in [9.17, 15) is 9.59 Å². The summed E-state index contributed by atoms with van der Waals surface area (Å²) < 4.78 is 5.11. The van der Waals surface area contributed by atoms with Crippen molar-refractivity contribution in [2.45, 2.75) is 25.8 Å². The molecule has 0 aliphatic carbocycles. The molecule has 1 fully saturated rings. The highest BCUT2D eigenvalue weighted by Gasteiger charge is 2.23. The van der Waals surface area contributed by atoms with E-state index in [1.165, 1.54) is 0 Å². The highest BCUT2D eigenvalue weighted by atomic mass is 16.5. The molecule has 0 aromatic heterocycles. The Morgan fingerprint density at radius 3 is 2.56 bits per heavy atom. The highest BCUT2D eigenvalue weighted by Crippen LogP contribution is 2.01. The van der Waals surface area contributed by atoms with Crippen molar-refractivity contribution in [1.29, 1.82) is 0 Å². The van der Waals surface area contributed by atoms with Gasteiger partial charge in [0, 0.05) is 13.1 Å². The van der Waals surface area contributed by atoms with Crippen molar-refractivity contribution in [3.05, 3.63) is 0 Å². The second-order valence-electron chi connectivity index (χ2n) is 3.73. The van der Waals surface area contributed by atoms with Gasteiger partial charge in [-0.05, 0) is 6.42 Å². The zero-order valence-electron chi connectivity index (χ0n) is 9.44. The number of rotatable bonds is 4. The maximum atomic E-state index is 11.7. The largest absolute Gasteiger partial charge is 0.480 e. The number of hydrogen-bond acceptors (Lipinski definition) is 3. The number of hydrogen-bond donors (Lipinski definition) is 2. The third-order valence-electron chi connectivity index (χ3n) is 2.47. The lowest BCUT2D eigenvalue weighted by Gasteiger charge is -2.28. The Kier molecular flexibility index (Phi) is 5.04. The van der Waals surface area contributed by atoms with Gasteiger partial charge in [-0.15, -0.1) is 0 Å². The summed E-state index contributed by atoms with van der Waals surface area (Å²) in [5.74, 6) is -0.983. The standard InChI is InChI=1S/C10H18N2O4/c1-2-3-8(9(13)14)11-10(15)12-4-6-16-7-5-12/h8H,2-7H2,1H3,(H,11,15)(H,13,14). The minimum absolute atomic E-state index is 0.316. The molecule has 1 aliphatic heterocycles. The van der Waals surface area contributed by atoms with E-state index in [4.69, 9.17) is 9.84 Å². The molecule has 0 aromatic carbocycles. The third kappa shape index (κ3) is 3.69. The SMILES string of the molecule is CCCC(NC(=O)N1CCOCC1)C(=O)O. The van der Waals surface area contributed by atoms with Crippen LogP contribution in [0, 0.1) is 0 Å². The summed E-state index contributed by atoms with van der Waals surface area (Å²) in [5.41, 5.74) is 0. The van der Waals surface area contributed by atoms with E-state index in [1.54, 1.807) is 4.90 Å². The van der Waals surface area contributed by atoms with Crippen molar-refractivity contribution in [1.82, 2.24) is 10.2 Å². The van der Waals surface area contributed by atoms with Gasteiger partial charge >= 0.3 is 12.0 Å². The van der Waals surface area contributed by atoms with E-state index in [2.05, 4.69) is 5.32 Å². The normalized spacial score (nSPS) is 17.9. The number of morpholine rings is 1. The molecule has 1 atom stereocenters. The zero-order chi connectivity index (χ0) is 12.0. The van der Waals surface area contributed by atoms with Crippen LogP contribution < -0.4 is 5.32 Å². The molecule has 2 amide bonds. The molecular weight excluding hydrogens is 212 g/mol. The molecule has 0 saturated carbocycles. The molecule has 0 aromatic rings. The number of nitrogens with zero attached hydrogens (tertiary/aromatic N) is 1. The Bertz CT molecular complexity index is 251. The quantitative estimate of drug-likeness (QED) is 0.727. The highest BCUT2D eigenvalue weighted by molar-refractivity contribution is 5.82. The van der Waals surface area contributed by atoms with E-state index in [0.717, 1.165) is 6.42 Å². The minimum Gasteiger partial charge on any atom is -0.480 e. The molecule has 6 heteroatoms. The molecule has 0 radical (unpaired) electrons. The van der Waals surface area contributed by atoms with Gasteiger partial charge in [-0.25, -0.2) is 9.59 Å². The number of carbonyl (C=O) groups is 2. The number of carbonyl (C=O) groups excluding carboxylic acids is 1. The van der Waals surface area contributed by atoms with Crippen molar-refractivity contribution < 1.29 is 19.4 Å². The summed E-state index contributed by atoms with van der Waals surface area (Å²) in [6.07, 6.45) is 1.17. The smallest absolute Gasteiger partial charge is 0.326 e. The summed E-state index contributed by atoms with van der Waals surface area (Å²) in [5, 5.41) is 11.4. The predicted molar refractivity (Wildman–Crippen MR) is 57.3 cm³/mol. The number of carboxylic acids is 1. The van der Waals surface area contributed by atoms with E-state index in [0.29, 0.717) is 32.7 Å². The van der Waals surface area contributed by atoms with Crippen molar-refractivity contribution in [2.24, 2.45) is 0 Å². The lowest BCUT2D eigenvalue weighted by molar-refractivity contribution is -0.139. The average molecular weight is 230 g/mol. The summed E-state index contributed by atoms with van der Waals surface area (Å²) in [7, 11) is 0. The summed E-state index contributed by atoms with van der Waals surface area (Å²) >= 11 is 0. The van der Waals surface area contributed by atoms with Crippen molar-refractivity contribution in [3.8, 4) is 0 Å². The number of carboxylic acid groups (broad SMARTS) is 1. The van der Waals surface area contributed by atoms with E-state index in [1.807, 2.05) is 6.92 Å². The molecule has 92 valence electrons. The number of ether oxygens (including phenoxy) is 1. The number of urea groups is 1. The molecule has 1 unspecified atom stereocenters. The number of aliphatic carboxylic acids is 1. The van der Waals surface area contributed by atoms with Crippen LogP contribution in [-0.2, 0) is 9.53 Å². The van der Waals surface area contributed by atoms with Gasteiger partial charge in [-0.1, -0.05) is 13.3 Å². The van der Waals surface area contributed by atoms with Crippen molar-refractivity contribution >= 4 is 12.0 Å². The van der Waals surface area contributed by atoms with Crippen LogP contribution in [0.4, 0.5) is 4.79 Å². The van der Waals surface area contributed by atoms with Gasteiger partial charge in [0.25, 0.3) is 0 Å². The van der Waals surface area contributed by atoms with E-state index < -0.39 is 12.0 Å². The molecule has 1 saturated heterocycles. The summed E-state index contributed by atoms with van der Waals surface area (Å²) in [6.45, 7) is 3.95. The van der Waals surface area contributed by atoms with E-state index >= 15 is 0 Å². The summed E-state index contributed by atoms with van der Waals surface area (Å²) in [6, 6.07) is -1.11. The first-order valence-electron chi connectivity index (χ1n) is 5.51. The average Bonchev–Trinajstić information content (AvgIpc) is 2.29. The topological polar surface area (TPSA) is 78.9 Å². The minimum atomic E-state index is -0.983. The van der Waals surface area contributed by atoms with Crippen LogP contribution in [0.5, 0.6) is 0 Å². The maximum Gasteiger partial charge on any atom is 0.326 e. The number of amides is 2. The number of nitrogens with one attached hydrogen (secondary N) is 1. The fourth-order valence-corrected chi connectivity index (χ4v) is 1.55. The van der Waals surface area contributed by atoms with Crippen LogP contribution in [0.2, 0.25) is 0 Å². The zero-order valence-corrected chi connectivity index (χ0v) is 9.44. The molecule has 6 nitrogen and oxygen atoms in total. The van der Waals surface area contributed by atoms with Crippen molar-refractivity contribution in [3.63, 3.8) is 0 Å². The van der Waals surface area contributed by atoms with Gasteiger partial charge in [0.05, 0.1) is 13.2 Å². The Balaban J connectivity index is 2.43. The molecule has 1 aliphatic rings. The van der Waals surface area contributed by atoms with Gasteiger partial charge in [0.1, 0.15) is 6.04 Å². The second-order valence-corrected chi connectivity index (χ2v) is 3.73. The van der Waals surface area contributed by atoms with Gasteiger partial charge < -0.3 is 20.1 Å². The molecule has 2 N–H and O–H groups in total. The molecule has 16 heavy (non-hydrogen) atoms. The molecule has 1 heterocycles. The fraction of sp³-hybridized carbons (Fsp3) is 0.800. The first-order chi connectivity index (χ1) is 7.65.